The fourth-order valence-corrected chi connectivity index (χ4v) is 3.71. The van der Waals surface area contributed by atoms with Gasteiger partial charge < -0.3 is 4.74 Å². The molecular formula is C18H19Cl2N3O3. The predicted octanol–water partition coefficient (Wildman–Crippen LogP) is 2.96. The van der Waals surface area contributed by atoms with Crippen molar-refractivity contribution < 1.29 is 14.3 Å². The predicted molar refractivity (Wildman–Crippen MR) is 100 cm³/mol. The Balaban J connectivity index is 2.72. The van der Waals surface area contributed by atoms with Crippen LogP contribution in [0.15, 0.2) is 17.1 Å². The van der Waals surface area contributed by atoms with Crippen molar-refractivity contribution in [2.24, 2.45) is 10.4 Å². The number of terminal acetylenes is 1. The highest BCUT2D eigenvalue weighted by Gasteiger charge is 2.56. The number of carbonyl (C=O) groups is 2. The van der Waals surface area contributed by atoms with E-state index in [2.05, 4.69) is 15.9 Å². The molecule has 8 heteroatoms. The van der Waals surface area contributed by atoms with Crippen molar-refractivity contribution in [3.63, 3.8) is 0 Å². The summed E-state index contributed by atoms with van der Waals surface area (Å²) in [6.07, 6.45) is 6.16. The van der Waals surface area contributed by atoms with Gasteiger partial charge in [0.1, 0.15) is 16.1 Å². The molecule has 0 spiro atoms. The Kier molecular flexibility index (Phi) is 6.27. The third-order valence-corrected chi connectivity index (χ3v) is 4.88. The highest BCUT2D eigenvalue weighted by Crippen LogP contribution is 2.39. The van der Waals surface area contributed by atoms with Crippen LogP contribution in [0.3, 0.4) is 0 Å². The van der Waals surface area contributed by atoms with Crippen LogP contribution in [0.5, 0.6) is 0 Å². The van der Waals surface area contributed by atoms with Crippen LogP contribution in [0.4, 0.5) is 0 Å². The lowest BCUT2D eigenvalue weighted by molar-refractivity contribution is -0.164. The Morgan fingerprint density at radius 3 is 2.46 bits per heavy atom. The van der Waals surface area contributed by atoms with Crippen LogP contribution in [-0.2, 0) is 14.3 Å². The Morgan fingerprint density at radius 1 is 1.38 bits per heavy atom. The number of rotatable bonds is 5. The molecule has 1 aromatic heterocycles. The summed E-state index contributed by atoms with van der Waals surface area (Å²) in [7, 11) is 1.26. The van der Waals surface area contributed by atoms with Gasteiger partial charge in [0.05, 0.1) is 19.7 Å². The zero-order valence-electron chi connectivity index (χ0n) is 14.8. The second-order valence-corrected chi connectivity index (χ2v) is 6.56. The van der Waals surface area contributed by atoms with Gasteiger partial charge in [0.15, 0.2) is 5.41 Å². The zero-order chi connectivity index (χ0) is 19.5. The summed E-state index contributed by atoms with van der Waals surface area (Å²) in [5, 5.41) is 0.327. The van der Waals surface area contributed by atoms with Crippen LogP contribution in [-0.4, -0.2) is 47.3 Å². The molecule has 138 valence electrons. The van der Waals surface area contributed by atoms with Gasteiger partial charge in [-0.25, -0.2) is 4.98 Å². The van der Waals surface area contributed by atoms with Crippen LogP contribution in [0.2, 0.25) is 10.3 Å². The number of amides is 1. The van der Waals surface area contributed by atoms with Crippen LogP contribution >= 0.6 is 23.2 Å². The van der Waals surface area contributed by atoms with E-state index in [0.717, 1.165) is 0 Å². The summed E-state index contributed by atoms with van der Waals surface area (Å²) in [5.41, 5.74) is -0.906. The van der Waals surface area contributed by atoms with Crippen LogP contribution in [0.25, 0.3) is 0 Å². The first-order chi connectivity index (χ1) is 12.3. The molecule has 26 heavy (non-hydrogen) atoms. The molecule has 2 rings (SSSR count). The number of hydrogen-bond acceptors (Lipinski definition) is 5. The smallest absolute Gasteiger partial charge is 0.323 e. The van der Waals surface area contributed by atoms with Crippen molar-refractivity contribution in [1.82, 2.24) is 9.88 Å². The summed E-state index contributed by atoms with van der Waals surface area (Å²) in [6, 6.07) is 2.50. The molecule has 2 unspecified atom stereocenters. The van der Waals surface area contributed by atoms with Crippen LogP contribution in [0.1, 0.15) is 32.3 Å². The van der Waals surface area contributed by atoms with Crippen molar-refractivity contribution in [3.05, 3.63) is 28.0 Å². The number of ether oxygens (including phenoxy) is 1. The summed E-state index contributed by atoms with van der Waals surface area (Å²) in [4.78, 5) is 35.8. The van der Waals surface area contributed by atoms with E-state index in [1.54, 1.807) is 19.1 Å². The fourth-order valence-electron chi connectivity index (χ4n) is 3.25. The van der Waals surface area contributed by atoms with Crippen molar-refractivity contribution in [3.8, 4) is 12.3 Å². The lowest BCUT2D eigenvalue weighted by Gasteiger charge is -2.42. The van der Waals surface area contributed by atoms with E-state index < -0.39 is 23.3 Å². The molecule has 1 aliphatic rings. The monoisotopic (exact) mass is 395 g/mol. The largest absolute Gasteiger partial charge is 0.468 e. The standard InChI is InChI=1S/C18H19Cl2N3O3/c1-5-8-23-15(11-9-13(19)22-14(20)10-11)21-12(6-2)18(7-3,16(23)24)17(25)26-4/h1,9-10,12H,6-8H2,2-4H3. The number of methoxy groups -OCH3 is 1. The van der Waals surface area contributed by atoms with Crippen molar-refractivity contribution in [2.75, 3.05) is 13.7 Å². The number of halogens is 2. The van der Waals surface area contributed by atoms with Gasteiger partial charge in [-0.15, -0.1) is 6.42 Å². The molecule has 0 aliphatic carbocycles. The summed E-state index contributed by atoms with van der Waals surface area (Å²) < 4.78 is 4.93. The quantitative estimate of drug-likeness (QED) is 0.332. The van der Waals surface area contributed by atoms with Crippen molar-refractivity contribution in [2.45, 2.75) is 32.7 Å². The lowest BCUT2D eigenvalue weighted by Crippen LogP contribution is -2.60. The molecule has 0 aromatic carbocycles. The normalized spacial score (nSPS) is 22.6. The number of amidine groups is 1. The number of aliphatic imine (C=N–C) groups is 1. The summed E-state index contributed by atoms with van der Waals surface area (Å²) in [5.74, 6) is 1.70. The maximum atomic E-state index is 13.4. The third-order valence-electron chi connectivity index (χ3n) is 4.49. The van der Waals surface area contributed by atoms with E-state index in [1.165, 1.54) is 12.0 Å². The molecule has 0 saturated carbocycles. The third kappa shape index (κ3) is 3.29. The molecule has 1 amide bonds. The second kappa shape index (κ2) is 8.07. The van der Waals surface area contributed by atoms with Crippen LogP contribution in [0, 0.1) is 17.8 Å². The SMILES string of the molecule is C#CCN1C(=O)C(CC)(C(=O)OC)C(CC)N=C1c1cc(Cl)nc(Cl)c1. The molecule has 0 saturated heterocycles. The van der Waals surface area contributed by atoms with Crippen molar-refractivity contribution >= 4 is 40.9 Å². The average Bonchev–Trinajstić information content (AvgIpc) is 2.61. The fraction of sp³-hybridized carbons (Fsp3) is 0.444. The summed E-state index contributed by atoms with van der Waals surface area (Å²) in [6.45, 7) is 3.56. The summed E-state index contributed by atoms with van der Waals surface area (Å²) >= 11 is 12.0. The Bertz CT molecular complexity index is 783. The second-order valence-electron chi connectivity index (χ2n) is 5.79. The van der Waals surface area contributed by atoms with Gasteiger partial charge in [0.2, 0.25) is 5.91 Å². The molecule has 1 aliphatic heterocycles. The van der Waals surface area contributed by atoms with Crippen LogP contribution < -0.4 is 0 Å². The minimum Gasteiger partial charge on any atom is -0.468 e. The van der Waals surface area contributed by atoms with E-state index in [9.17, 15) is 9.59 Å². The van der Waals surface area contributed by atoms with Gasteiger partial charge in [0, 0.05) is 5.56 Å². The maximum Gasteiger partial charge on any atom is 0.323 e. The molecule has 0 radical (unpaired) electrons. The average molecular weight is 396 g/mol. The molecule has 1 aromatic rings. The number of aromatic nitrogens is 1. The van der Waals surface area contributed by atoms with Gasteiger partial charge in [-0.1, -0.05) is 43.0 Å². The number of nitrogens with zero attached hydrogens (tertiary/aromatic N) is 3. The van der Waals surface area contributed by atoms with Gasteiger partial charge in [-0.3, -0.25) is 19.5 Å². The van der Waals surface area contributed by atoms with Crippen molar-refractivity contribution in [1.29, 1.82) is 0 Å². The Morgan fingerprint density at radius 2 is 2.00 bits per heavy atom. The number of hydrogen-bond donors (Lipinski definition) is 0. The Labute approximate surface area is 162 Å². The minimum atomic E-state index is -1.41. The number of esters is 1. The number of pyridine rings is 1. The number of carbonyl (C=O) groups excluding carboxylic acids is 2. The van der Waals surface area contributed by atoms with Gasteiger partial charge >= 0.3 is 5.97 Å². The highest BCUT2D eigenvalue weighted by molar-refractivity contribution is 6.33. The molecule has 0 bridgehead atoms. The molecule has 0 fully saturated rings. The zero-order valence-corrected chi connectivity index (χ0v) is 16.3. The first-order valence-corrected chi connectivity index (χ1v) is 8.86. The maximum absolute atomic E-state index is 13.4. The van der Waals surface area contributed by atoms with E-state index in [-0.39, 0.29) is 23.3 Å². The van der Waals surface area contributed by atoms with Gasteiger partial charge in [-0.2, -0.15) is 0 Å². The molecule has 0 N–H and O–H groups in total. The first-order valence-electron chi connectivity index (χ1n) is 8.10. The molecular weight excluding hydrogens is 377 g/mol. The molecule has 2 atom stereocenters. The highest BCUT2D eigenvalue weighted by atomic mass is 35.5. The topological polar surface area (TPSA) is 71.9 Å². The van der Waals surface area contributed by atoms with E-state index in [0.29, 0.717) is 17.8 Å². The lowest BCUT2D eigenvalue weighted by atomic mass is 9.74. The molecule has 2 heterocycles. The Hall–Kier alpha value is -2.10. The first kappa shape index (κ1) is 20.2. The van der Waals surface area contributed by atoms with Gasteiger partial charge in [-0.05, 0) is 25.0 Å². The van der Waals surface area contributed by atoms with E-state index >= 15 is 0 Å². The van der Waals surface area contributed by atoms with E-state index in [4.69, 9.17) is 34.4 Å². The van der Waals surface area contributed by atoms with Gasteiger partial charge in [0.25, 0.3) is 0 Å². The van der Waals surface area contributed by atoms with E-state index in [1.807, 2.05) is 6.92 Å². The minimum absolute atomic E-state index is 0.0512. The molecule has 6 nitrogen and oxygen atoms in total.